The number of hydrogen-bond donors (Lipinski definition) is 1. The summed E-state index contributed by atoms with van der Waals surface area (Å²) in [7, 11) is 2.12. The van der Waals surface area contributed by atoms with E-state index in [4.69, 9.17) is 0 Å². The van der Waals surface area contributed by atoms with Crippen molar-refractivity contribution < 1.29 is 4.39 Å². The summed E-state index contributed by atoms with van der Waals surface area (Å²) in [4.78, 5) is 13.4. The van der Waals surface area contributed by atoms with Crippen molar-refractivity contribution in [2.75, 3.05) is 50.0 Å². The van der Waals surface area contributed by atoms with Crippen LogP contribution < -0.4 is 10.2 Å². The second kappa shape index (κ2) is 7.37. The third-order valence-corrected chi connectivity index (χ3v) is 4.09. The quantitative estimate of drug-likeness (QED) is 0.914. The Hall–Kier alpha value is -2.21. The Morgan fingerprint density at radius 1 is 1.13 bits per heavy atom. The first-order valence-corrected chi connectivity index (χ1v) is 7.96. The molecule has 0 atom stereocenters. The van der Waals surface area contributed by atoms with Crippen LogP contribution in [0.5, 0.6) is 0 Å². The van der Waals surface area contributed by atoms with Crippen LogP contribution in [0, 0.1) is 5.82 Å². The molecular formula is C17H22FN5. The number of anilines is 2. The molecule has 0 bridgehead atoms. The molecule has 6 heteroatoms. The molecule has 5 nitrogen and oxygen atoms in total. The van der Waals surface area contributed by atoms with E-state index in [0.29, 0.717) is 18.5 Å². The summed E-state index contributed by atoms with van der Waals surface area (Å²) in [6.45, 7) is 4.56. The summed E-state index contributed by atoms with van der Waals surface area (Å²) in [5.74, 6) is 1.38. The number of likely N-dealkylation sites (N-methyl/N-ethyl adjacent to an activating group) is 1. The van der Waals surface area contributed by atoms with Gasteiger partial charge in [0, 0.05) is 38.9 Å². The summed E-state index contributed by atoms with van der Waals surface area (Å²) in [5.41, 5.74) is 0.716. The summed E-state index contributed by atoms with van der Waals surface area (Å²) >= 11 is 0. The smallest absolute Gasteiger partial charge is 0.227 e. The van der Waals surface area contributed by atoms with Gasteiger partial charge in [0.05, 0.1) is 0 Å². The van der Waals surface area contributed by atoms with Gasteiger partial charge in [-0.05, 0) is 31.2 Å². The molecule has 1 aromatic heterocycles. The fourth-order valence-electron chi connectivity index (χ4n) is 2.63. The van der Waals surface area contributed by atoms with Crippen molar-refractivity contribution >= 4 is 11.8 Å². The van der Waals surface area contributed by atoms with Crippen LogP contribution in [0.15, 0.2) is 36.5 Å². The van der Waals surface area contributed by atoms with Gasteiger partial charge >= 0.3 is 0 Å². The van der Waals surface area contributed by atoms with Gasteiger partial charge in [-0.1, -0.05) is 18.2 Å². The standard InChI is InChI=1S/C17H22FN5/c1-22-10-12-23(13-11-22)17-20-9-7-16(21-17)19-8-6-14-4-2-3-5-15(14)18/h2-5,7,9H,6,8,10-13H2,1H3,(H,19,20,21). The van der Waals surface area contributed by atoms with Gasteiger partial charge in [-0.2, -0.15) is 4.98 Å². The molecule has 2 heterocycles. The lowest BCUT2D eigenvalue weighted by atomic mass is 10.1. The van der Waals surface area contributed by atoms with E-state index in [0.717, 1.165) is 37.9 Å². The van der Waals surface area contributed by atoms with Crippen LogP contribution in [-0.2, 0) is 6.42 Å². The lowest BCUT2D eigenvalue weighted by molar-refractivity contribution is 0.311. The first-order valence-electron chi connectivity index (χ1n) is 7.96. The van der Waals surface area contributed by atoms with Crippen molar-refractivity contribution in [2.45, 2.75) is 6.42 Å². The normalized spacial score (nSPS) is 15.7. The maximum Gasteiger partial charge on any atom is 0.227 e. The monoisotopic (exact) mass is 315 g/mol. The molecule has 0 unspecified atom stereocenters. The van der Waals surface area contributed by atoms with Crippen LogP contribution in [0.3, 0.4) is 0 Å². The molecule has 1 N–H and O–H groups in total. The van der Waals surface area contributed by atoms with Crippen LogP contribution >= 0.6 is 0 Å². The van der Waals surface area contributed by atoms with Gasteiger partial charge in [0.15, 0.2) is 0 Å². The molecule has 1 aromatic carbocycles. The van der Waals surface area contributed by atoms with Crippen molar-refractivity contribution in [2.24, 2.45) is 0 Å². The molecule has 0 saturated carbocycles. The molecular weight excluding hydrogens is 293 g/mol. The lowest BCUT2D eigenvalue weighted by Crippen LogP contribution is -2.45. The van der Waals surface area contributed by atoms with Gasteiger partial charge in [0.1, 0.15) is 11.6 Å². The van der Waals surface area contributed by atoms with Crippen molar-refractivity contribution in [3.05, 3.63) is 47.9 Å². The van der Waals surface area contributed by atoms with Crippen LogP contribution in [0.25, 0.3) is 0 Å². The molecule has 23 heavy (non-hydrogen) atoms. The van der Waals surface area contributed by atoms with E-state index in [1.54, 1.807) is 12.3 Å². The topological polar surface area (TPSA) is 44.3 Å². The highest BCUT2D eigenvalue weighted by Crippen LogP contribution is 2.13. The number of piperazine rings is 1. The summed E-state index contributed by atoms with van der Waals surface area (Å²) in [6.07, 6.45) is 2.40. The number of nitrogens with zero attached hydrogens (tertiary/aromatic N) is 4. The van der Waals surface area contributed by atoms with Gasteiger partial charge in [0.2, 0.25) is 5.95 Å². The largest absolute Gasteiger partial charge is 0.370 e. The van der Waals surface area contributed by atoms with E-state index in [1.165, 1.54) is 6.07 Å². The van der Waals surface area contributed by atoms with Crippen molar-refractivity contribution in [1.29, 1.82) is 0 Å². The van der Waals surface area contributed by atoms with Crippen LogP contribution in [-0.4, -0.2) is 54.6 Å². The molecule has 0 spiro atoms. The maximum absolute atomic E-state index is 13.6. The van der Waals surface area contributed by atoms with E-state index in [-0.39, 0.29) is 5.82 Å². The molecule has 2 aromatic rings. The Balaban J connectivity index is 1.56. The number of aromatic nitrogens is 2. The zero-order valence-electron chi connectivity index (χ0n) is 13.4. The molecule has 1 fully saturated rings. The second-order valence-corrected chi connectivity index (χ2v) is 5.80. The minimum atomic E-state index is -0.157. The molecule has 3 rings (SSSR count). The number of halogens is 1. The highest BCUT2D eigenvalue weighted by molar-refractivity contribution is 5.41. The zero-order valence-corrected chi connectivity index (χ0v) is 13.4. The average Bonchev–Trinajstić information content (AvgIpc) is 2.58. The molecule has 1 aliphatic heterocycles. The molecule has 122 valence electrons. The van der Waals surface area contributed by atoms with Crippen molar-refractivity contribution in [1.82, 2.24) is 14.9 Å². The van der Waals surface area contributed by atoms with Crippen molar-refractivity contribution in [3.8, 4) is 0 Å². The Labute approximate surface area is 136 Å². The summed E-state index contributed by atoms with van der Waals surface area (Å²) < 4.78 is 13.6. The second-order valence-electron chi connectivity index (χ2n) is 5.80. The summed E-state index contributed by atoms with van der Waals surface area (Å²) in [5, 5.41) is 3.25. The minimum absolute atomic E-state index is 0.157. The highest BCUT2D eigenvalue weighted by Gasteiger charge is 2.16. The van der Waals surface area contributed by atoms with E-state index in [1.807, 2.05) is 18.2 Å². The first kappa shape index (κ1) is 15.7. The van der Waals surface area contributed by atoms with E-state index in [9.17, 15) is 4.39 Å². The van der Waals surface area contributed by atoms with E-state index < -0.39 is 0 Å². The van der Waals surface area contributed by atoms with Gasteiger partial charge in [-0.15, -0.1) is 0 Å². The number of rotatable bonds is 5. The van der Waals surface area contributed by atoms with E-state index in [2.05, 4.69) is 32.1 Å². The van der Waals surface area contributed by atoms with Gasteiger partial charge < -0.3 is 15.1 Å². The maximum atomic E-state index is 13.6. The predicted octanol–water partition coefficient (Wildman–Crippen LogP) is 2.02. The zero-order chi connectivity index (χ0) is 16.1. The molecule has 0 radical (unpaired) electrons. The number of benzene rings is 1. The van der Waals surface area contributed by atoms with Crippen molar-refractivity contribution in [3.63, 3.8) is 0 Å². The molecule has 0 amide bonds. The third-order valence-electron chi connectivity index (χ3n) is 4.09. The van der Waals surface area contributed by atoms with Gasteiger partial charge in [-0.25, -0.2) is 9.37 Å². The highest BCUT2D eigenvalue weighted by atomic mass is 19.1. The fourth-order valence-corrected chi connectivity index (χ4v) is 2.63. The Morgan fingerprint density at radius 2 is 1.91 bits per heavy atom. The lowest BCUT2D eigenvalue weighted by Gasteiger charge is -2.32. The Kier molecular flexibility index (Phi) is 5.02. The average molecular weight is 315 g/mol. The predicted molar refractivity (Wildman–Crippen MR) is 90.3 cm³/mol. The Bertz CT molecular complexity index is 640. The first-order chi connectivity index (χ1) is 11.2. The van der Waals surface area contributed by atoms with Gasteiger partial charge in [0.25, 0.3) is 0 Å². The van der Waals surface area contributed by atoms with Gasteiger partial charge in [-0.3, -0.25) is 0 Å². The summed E-state index contributed by atoms with van der Waals surface area (Å²) in [6, 6.07) is 8.71. The Morgan fingerprint density at radius 3 is 2.70 bits per heavy atom. The number of hydrogen-bond acceptors (Lipinski definition) is 5. The number of nitrogens with one attached hydrogen (secondary N) is 1. The molecule has 1 saturated heterocycles. The van der Waals surface area contributed by atoms with Crippen LogP contribution in [0.2, 0.25) is 0 Å². The molecule has 0 aliphatic carbocycles. The minimum Gasteiger partial charge on any atom is -0.370 e. The van der Waals surface area contributed by atoms with Crippen LogP contribution in [0.4, 0.5) is 16.2 Å². The van der Waals surface area contributed by atoms with E-state index >= 15 is 0 Å². The SMILES string of the molecule is CN1CCN(c2nccc(NCCc3ccccc3F)n2)CC1. The fraction of sp³-hybridized carbons (Fsp3) is 0.412. The third kappa shape index (κ3) is 4.16. The van der Waals surface area contributed by atoms with Crippen LogP contribution in [0.1, 0.15) is 5.56 Å². The molecule has 1 aliphatic rings.